The van der Waals surface area contributed by atoms with E-state index in [4.69, 9.17) is 0 Å². The van der Waals surface area contributed by atoms with E-state index in [1.54, 1.807) is 0 Å². The van der Waals surface area contributed by atoms with Gasteiger partial charge in [0.25, 0.3) is 0 Å². The highest BCUT2D eigenvalue weighted by Gasteiger charge is 2.63. The van der Waals surface area contributed by atoms with Crippen LogP contribution in [-0.2, 0) is 45.7 Å². The van der Waals surface area contributed by atoms with Gasteiger partial charge in [-0.15, -0.1) is 0 Å². The summed E-state index contributed by atoms with van der Waals surface area (Å²) in [6, 6.07) is 0. The fourth-order valence-electron chi connectivity index (χ4n) is 2.26. The first-order valence-corrected chi connectivity index (χ1v) is 11.0. The molecule has 0 spiro atoms. The lowest BCUT2D eigenvalue weighted by Gasteiger charge is -2.06. The summed E-state index contributed by atoms with van der Waals surface area (Å²) < 4.78 is 111. The topological polar surface area (TPSA) is 171 Å². The van der Waals surface area contributed by atoms with Gasteiger partial charge in [-0.05, 0) is 0 Å². The van der Waals surface area contributed by atoms with Gasteiger partial charge in [0, 0.05) is 0 Å². The minimum atomic E-state index is -3.65. The molecule has 0 aromatic carbocycles. The van der Waals surface area contributed by atoms with Crippen molar-refractivity contribution in [1.29, 1.82) is 0 Å². The fraction of sp³-hybridized carbons (Fsp3) is 1.00. The Morgan fingerprint density at radius 3 is 0.450 bits per heavy atom. The fourth-order valence-corrected chi connectivity index (χ4v) is 10.6. The van der Waals surface area contributed by atoms with Gasteiger partial charge in [0.1, 0.15) is 28.3 Å². The number of hydrogen-bond acceptors (Lipinski definition) is 10. The second-order valence-electron chi connectivity index (χ2n) is 3.88. The monoisotopic (exact) mass is 380 g/mol. The smallest absolute Gasteiger partial charge is 0.237 e. The van der Waals surface area contributed by atoms with E-state index >= 15 is 0 Å². The number of hydrogen-bond donors (Lipinski definition) is 0. The molecule has 0 unspecified atom stereocenters. The molecule has 0 amide bonds. The summed E-state index contributed by atoms with van der Waals surface area (Å²) >= 11 is 0. The van der Waals surface area contributed by atoms with Crippen molar-refractivity contribution in [1.82, 2.24) is 0 Å². The van der Waals surface area contributed by atoms with Gasteiger partial charge in [-0.25, -0.2) is 45.7 Å². The van der Waals surface area contributed by atoms with Gasteiger partial charge < -0.3 is 0 Å². The molecule has 1 aliphatic carbocycles. The number of rotatable bonds is 5. The zero-order valence-corrected chi connectivity index (χ0v) is 13.7. The van der Waals surface area contributed by atoms with Crippen molar-refractivity contribution in [3.05, 3.63) is 0 Å². The Morgan fingerprint density at radius 2 is 0.400 bits per heavy atom. The van der Waals surface area contributed by atoms with Crippen LogP contribution in [0.2, 0.25) is 0 Å². The minimum Gasteiger partial charge on any atom is -0.237 e. The SMILES string of the molecule is O=P(=O)C1C(P(=O)=O)C(P(=O)=O)C(P(=O)=O)C1P(=O)=O. The van der Waals surface area contributed by atoms with Crippen molar-refractivity contribution in [2.24, 2.45) is 0 Å². The molecule has 1 fully saturated rings. The molecule has 1 saturated carbocycles. The second-order valence-corrected chi connectivity index (χ2v) is 9.71. The largest absolute Gasteiger partial charge is 0.321 e. The van der Waals surface area contributed by atoms with Crippen molar-refractivity contribution in [3.63, 3.8) is 0 Å². The molecule has 0 radical (unpaired) electrons. The Hall–Kier alpha value is -0.500. The molecule has 10 nitrogen and oxygen atoms in total. The van der Waals surface area contributed by atoms with Crippen molar-refractivity contribution in [2.75, 3.05) is 0 Å². The quantitative estimate of drug-likeness (QED) is 0.646. The molecule has 110 valence electrons. The average Bonchev–Trinajstić information content (AvgIpc) is 2.64. The van der Waals surface area contributed by atoms with Crippen molar-refractivity contribution >= 4 is 38.4 Å². The van der Waals surface area contributed by atoms with Crippen LogP contribution in [0.15, 0.2) is 0 Å². The molecule has 0 N–H and O–H groups in total. The lowest BCUT2D eigenvalue weighted by atomic mass is 10.3. The van der Waals surface area contributed by atoms with Gasteiger partial charge in [0.05, 0.1) is 0 Å². The molecular weight excluding hydrogens is 375 g/mol. The van der Waals surface area contributed by atoms with E-state index in [2.05, 4.69) is 0 Å². The lowest BCUT2D eigenvalue weighted by Crippen LogP contribution is -2.21. The highest BCUT2D eigenvalue weighted by Crippen LogP contribution is 2.56. The third kappa shape index (κ3) is 3.05. The Labute approximate surface area is 113 Å². The predicted octanol–water partition coefficient (Wildman–Crippen LogP) is 2.71. The van der Waals surface area contributed by atoms with Crippen LogP contribution in [0, 0.1) is 0 Å². The molecule has 1 rings (SSSR count). The highest BCUT2D eigenvalue weighted by atomic mass is 31.1. The summed E-state index contributed by atoms with van der Waals surface area (Å²) in [4.78, 5) is 0. The van der Waals surface area contributed by atoms with E-state index in [0.29, 0.717) is 0 Å². The molecule has 0 bridgehead atoms. The van der Waals surface area contributed by atoms with Gasteiger partial charge in [-0.3, -0.25) is 0 Å². The standard InChI is InChI=1S/C5H5O10P5/c6-16(7)1-2(17(8)9)4(19(12)13)5(20(14)15)3(1)18(10)11/h1-5H. The molecule has 0 heterocycles. The summed E-state index contributed by atoms with van der Waals surface area (Å²) in [5.41, 5.74) is -10.5. The maximum atomic E-state index is 11.1. The molecule has 0 saturated heterocycles. The van der Waals surface area contributed by atoms with Crippen molar-refractivity contribution in [2.45, 2.75) is 28.3 Å². The van der Waals surface area contributed by atoms with Crippen LogP contribution in [0.1, 0.15) is 0 Å². The normalized spacial score (nSPS) is 32.5. The van der Waals surface area contributed by atoms with E-state index in [0.717, 1.165) is 0 Å². The molecule has 15 heteroatoms. The maximum absolute atomic E-state index is 11.1. The minimum absolute atomic E-state index is 2.09. The summed E-state index contributed by atoms with van der Waals surface area (Å²) in [5.74, 6) is 0. The summed E-state index contributed by atoms with van der Waals surface area (Å²) in [6.07, 6.45) is 0. The third-order valence-corrected chi connectivity index (χ3v) is 9.79. The van der Waals surface area contributed by atoms with E-state index in [-0.39, 0.29) is 0 Å². The molecule has 1 aliphatic rings. The zero-order chi connectivity index (χ0) is 15.8. The Balaban J connectivity index is 3.73. The van der Waals surface area contributed by atoms with Gasteiger partial charge in [0.2, 0.25) is 0 Å². The van der Waals surface area contributed by atoms with Crippen LogP contribution >= 0.6 is 38.4 Å². The first-order valence-electron chi connectivity index (χ1n) is 4.78. The zero-order valence-electron chi connectivity index (χ0n) is 9.21. The summed E-state index contributed by atoms with van der Waals surface area (Å²) in [7, 11) is -18.3. The van der Waals surface area contributed by atoms with Gasteiger partial charge >= 0.3 is 38.4 Å². The van der Waals surface area contributed by atoms with Crippen LogP contribution in [-0.4, -0.2) is 28.3 Å². The van der Waals surface area contributed by atoms with Crippen LogP contribution in [0.4, 0.5) is 0 Å². The van der Waals surface area contributed by atoms with Gasteiger partial charge in [0.15, 0.2) is 0 Å². The van der Waals surface area contributed by atoms with Crippen LogP contribution in [0.25, 0.3) is 0 Å². The Bertz CT molecular complexity index is 562. The Kier molecular flexibility index (Phi) is 5.71. The molecule has 20 heavy (non-hydrogen) atoms. The first kappa shape index (κ1) is 17.6. The molecular formula is C5H5O10P5. The van der Waals surface area contributed by atoms with E-state index in [1.807, 2.05) is 0 Å². The van der Waals surface area contributed by atoms with E-state index in [9.17, 15) is 45.7 Å². The van der Waals surface area contributed by atoms with Gasteiger partial charge in [-0.2, -0.15) is 0 Å². The molecule has 0 atom stereocenters. The molecule has 0 aliphatic heterocycles. The molecule has 0 aromatic rings. The lowest BCUT2D eigenvalue weighted by molar-refractivity contribution is 0.480. The highest BCUT2D eigenvalue weighted by molar-refractivity contribution is 7.45. The average molecular weight is 380 g/mol. The Morgan fingerprint density at radius 1 is 0.300 bits per heavy atom. The predicted molar refractivity (Wildman–Crippen MR) is 60.4 cm³/mol. The second kappa shape index (κ2) is 6.51. The summed E-state index contributed by atoms with van der Waals surface area (Å²) in [5, 5.41) is 0. The van der Waals surface area contributed by atoms with Gasteiger partial charge in [-0.1, -0.05) is 0 Å². The van der Waals surface area contributed by atoms with Crippen molar-refractivity contribution < 1.29 is 45.7 Å². The molecule has 0 aromatic heterocycles. The van der Waals surface area contributed by atoms with Crippen LogP contribution < -0.4 is 0 Å². The van der Waals surface area contributed by atoms with E-state index in [1.165, 1.54) is 0 Å². The third-order valence-electron chi connectivity index (χ3n) is 2.97. The first-order chi connectivity index (χ1) is 9.11. The summed E-state index contributed by atoms with van der Waals surface area (Å²) in [6.45, 7) is 0. The van der Waals surface area contributed by atoms with Crippen molar-refractivity contribution in [3.8, 4) is 0 Å². The van der Waals surface area contributed by atoms with Crippen LogP contribution in [0.5, 0.6) is 0 Å². The maximum Gasteiger partial charge on any atom is 0.321 e. The van der Waals surface area contributed by atoms with E-state index < -0.39 is 66.7 Å². The van der Waals surface area contributed by atoms with Crippen LogP contribution in [0.3, 0.4) is 0 Å².